The molecule has 4 heteroatoms. The van der Waals surface area contributed by atoms with Crippen LogP contribution in [0, 0.1) is 17.7 Å². The summed E-state index contributed by atoms with van der Waals surface area (Å²) in [5.74, 6) is 0.396. The molecule has 0 aromatic heterocycles. The number of benzene rings is 1. The van der Waals surface area contributed by atoms with Gasteiger partial charge in [0.25, 0.3) is 0 Å². The van der Waals surface area contributed by atoms with Crippen molar-refractivity contribution in [3.8, 4) is 0 Å². The molecule has 0 bridgehead atoms. The Balaban J connectivity index is 2.45. The van der Waals surface area contributed by atoms with Crippen LogP contribution >= 0.6 is 0 Å². The van der Waals surface area contributed by atoms with Gasteiger partial charge in [-0.05, 0) is 43.4 Å². The van der Waals surface area contributed by atoms with E-state index in [9.17, 15) is 9.18 Å². The predicted octanol–water partition coefficient (Wildman–Crippen LogP) is 3.17. The lowest BCUT2D eigenvalue weighted by Gasteiger charge is -2.19. The van der Waals surface area contributed by atoms with Gasteiger partial charge in [0, 0.05) is 6.42 Å². The van der Waals surface area contributed by atoms with Crippen LogP contribution in [0.4, 0.5) is 10.1 Å². The van der Waals surface area contributed by atoms with Crippen LogP contribution in [0.3, 0.4) is 0 Å². The van der Waals surface area contributed by atoms with Gasteiger partial charge in [-0.25, -0.2) is 4.39 Å². The SMILES string of the molecule is CC(C)C(CCN)CCC(=O)Nc1ccccc1F. The molecule has 0 aliphatic rings. The first kappa shape index (κ1) is 15.6. The monoisotopic (exact) mass is 266 g/mol. The summed E-state index contributed by atoms with van der Waals surface area (Å²) >= 11 is 0. The number of rotatable bonds is 7. The number of carbonyl (C=O) groups excluding carboxylic acids is 1. The van der Waals surface area contributed by atoms with Crippen molar-refractivity contribution in [1.29, 1.82) is 0 Å². The Bertz CT molecular complexity index is 407. The van der Waals surface area contributed by atoms with Crippen LogP contribution in [0.15, 0.2) is 24.3 Å². The van der Waals surface area contributed by atoms with Crippen LogP contribution in [0.1, 0.15) is 33.1 Å². The van der Waals surface area contributed by atoms with E-state index in [0.717, 1.165) is 12.8 Å². The molecule has 0 aliphatic heterocycles. The number of carbonyl (C=O) groups is 1. The highest BCUT2D eigenvalue weighted by Gasteiger charge is 2.15. The van der Waals surface area contributed by atoms with E-state index in [1.165, 1.54) is 6.07 Å². The molecule has 0 heterocycles. The van der Waals surface area contributed by atoms with Gasteiger partial charge in [-0.2, -0.15) is 0 Å². The molecule has 106 valence electrons. The van der Waals surface area contributed by atoms with Crippen LogP contribution in [0.2, 0.25) is 0 Å². The normalized spacial score (nSPS) is 12.5. The standard InChI is InChI=1S/C15H23FN2O/c1-11(2)12(9-10-17)7-8-15(19)18-14-6-4-3-5-13(14)16/h3-6,11-12H,7-10,17H2,1-2H3,(H,18,19). The first-order valence-corrected chi connectivity index (χ1v) is 6.79. The van der Waals surface area contributed by atoms with Crippen molar-refractivity contribution < 1.29 is 9.18 Å². The summed E-state index contributed by atoms with van der Waals surface area (Å²) < 4.78 is 13.4. The highest BCUT2D eigenvalue weighted by atomic mass is 19.1. The third kappa shape index (κ3) is 5.39. The lowest BCUT2D eigenvalue weighted by molar-refractivity contribution is -0.116. The second-order valence-electron chi connectivity index (χ2n) is 5.15. The lowest BCUT2D eigenvalue weighted by atomic mass is 9.88. The molecule has 0 aliphatic carbocycles. The number of nitrogens with one attached hydrogen (secondary N) is 1. The number of amides is 1. The molecule has 0 spiro atoms. The second-order valence-corrected chi connectivity index (χ2v) is 5.15. The minimum Gasteiger partial charge on any atom is -0.330 e. The summed E-state index contributed by atoms with van der Waals surface area (Å²) in [5, 5.41) is 2.60. The maximum absolute atomic E-state index is 13.4. The largest absolute Gasteiger partial charge is 0.330 e. The van der Waals surface area contributed by atoms with Gasteiger partial charge in [-0.3, -0.25) is 4.79 Å². The molecule has 0 saturated heterocycles. The van der Waals surface area contributed by atoms with E-state index in [-0.39, 0.29) is 11.6 Å². The van der Waals surface area contributed by atoms with Crippen molar-refractivity contribution >= 4 is 11.6 Å². The van der Waals surface area contributed by atoms with Gasteiger partial charge in [0.2, 0.25) is 5.91 Å². The molecule has 3 N–H and O–H groups in total. The number of nitrogens with two attached hydrogens (primary N) is 1. The van der Waals surface area contributed by atoms with Crippen molar-refractivity contribution in [2.75, 3.05) is 11.9 Å². The second kappa shape index (κ2) is 7.89. The Morgan fingerprint density at radius 2 is 2.00 bits per heavy atom. The van der Waals surface area contributed by atoms with Crippen molar-refractivity contribution in [1.82, 2.24) is 0 Å². The molecule has 19 heavy (non-hydrogen) atoms. The van der Waals surface area contributed by atoms with Crippen molar-refractivity contribution in [3.05, 3.63) is 30.1 Å². The Morgan fingerprint density at radius 1 is 1.32 bits per heavy atom. The van der Waals surface area contributed by atoms with Crippen molar-refractivity contribution in [2.24, 2.45) is 17.6 Å². The van der Waals surface area contributed by atoms with Crippen molar-refractivity contribution in [3.63, 3.8) is 0 Å². The fourth-order valence-corrected chi connectivity index (χ4v) is 2.12. The van der Waals surface area contributed by atoms with E-state index < -0.39 is 5.82 Å². The fourth-order valence-electron chi connectivity index (χ4n) is 2.12. The number of para-hydroxylation sites is 1. The molecular weight excluding hydrogens is 243 g/mol. The Morgan fingerprint density at radius 3 is 2.58 bits per heavy atom. The Kier molecular flexibility index (Phi) is 6.50. The number of anilines is 1. The number of hydrogen-bond donors (Lipinski definition) is 2. The van der Waals surface area contributed by atoms with Gasteiger partial charge in [0.05, 0.1) is 5.69 Å². The molecule has 1 atom stereocenters. The van der Waals surface area contributed by atoms with Gasteiger partial charge in [-0.15, -0.1) is 0 Å². The summed E-state index contributed by atoms with van der Waals surface area (Å²) in [7, 11) is 0. The third-order valence-electron chi connectivity index (χ3n) is 3.37. The highest BCUT2D eigenvalue weighted by molar-refractivity contribution is 5.90. The van der Waals surface area contributed by atoms with E-state index in [1.807, 2.05) is 0 Å². The number of halogens is 1. The maximum Gasteiger partial charge on any atom is 0.224 e. The molecule has 1 aromatic rings. The van der Waals surface area contributed by atoms with Gasteiger partial charge < -0.3 is 11.1 Å². The molecule has 3 nitrogen and oxygen atoms in total. The molecule has 1 unspecified atom stereocenters. The van der Waals surface area contributed by atoms with E-state index in [1.54, 1.807) is 18.2 Å². The van der Waals surface area contributed by atoms with Gasteiger partial charge in [0.15, 0.2) is 0 Å². The van der Waals surface area contributed by atoms with Crippen LogP contribution < -0.4 is 11.1 Å². The molecule has 0 radical (unpaired) electrons. The van der Waals surface area contributed by atoms with E-state index in [2.05, 4.69) is 19.2 Å². The molecular formula is C15H23FN2O. The zero-order valence-electron chi connectivity index (χ0n) is 11.7. The van der Waals surface area contributed by atoms with Gasteiger partial charge in [0.1, 0.15) is 5.82 Å². The van der Waals surface area contributed by atoms with E-state index >= 15 is 0 Å². The minimum absolute atomic E-state index is 0.146. The molecule has 1 amide bonds. The zero-order chi connectivity index (χ0) is 14.3. The summed E-state index contributed by atoms with van der Waals surface area (Å²) in [5.41, 5.74) is 5.81. The fraction of sp³-hybridized carbons (Fsp3) is 0.533. The maximum atomic E-state index is 13.4. The summed E-state index contributed by atoms with van der Waals surface area (Å²) in [6.07, 6.45) is 2.11. The first-order valence-electron chi connectivity index (χ1n) is 6.79. The van der Waals surface area contributed by atoms with Crippen LogP contribution in [-0.4, -0.2) is 12.5 Å². The van der Waals surface area contributed by atoms with E-state index in [4.69, 9.17) is 5.73 Å². The molecule has 1 rings (SSSR count). The van der Waals surface area contributed by atoms with Crippen LogP contribution in [0.5, 0.6) is 0 Å². The summed E-state index contributed by atoms with van der Waals surface area (Å²) in [6.45, 7) is 4.90. The van der Waals surface area contributed by atoms with Crippen LogP contribution in [-0.2, 0) is 4.79 Å². The van der Waals surface area contributed by atoms with Crippen molar-refractivity contribution in [2.45, 2.75) is 33.1 Å². The average molecular weight is 266 g/mol. The molecule has 1 aromatic carbocycles. The van der Waals surface area contributed by atoms with Gasteiger partial charge >= 0.3 is 0 Å². The summed E-state index contributed by atoms with van der Waals surface area (Å²) in [4.78, 5) is 11.8. The highest BCUT2D eigenvalue weighted by Crippen LogP contribution is 2.21. The predicted molar refractivity (Wildman–Crippen MR) is 76.3 cm³/mol. The van der Waals surface area contributed by atoms with E-state index in [0.29, 0.717) is 24.8 Å². The summed E-state index contributed by atoms with van der Waals surface area (Å²) in [6, 6.07) is 6.19. The molecule has 0 saturated carbocycles. The average Bonchev–Trinajstić information content (AvgIpc) is 2.37. The topological polar surface area (TPSA) is 55.1 Å². The Labute approximate surface area is 114 Å². The lowest BCUT2D eigenvalue weighted by Crippen LogP contribution is -2.18. The first-order chi connectivity index (χ1) is 9.04. The molecule has 0 fully saturated rings. The Hall–Kier alpha value is -1.42. The smallest absolute Gasteiger partial charge is 0.224 e. The zero-order valence-corrected chi connectivity index (χ0v) is 11.7. The van der Waals surface area contributed by atoms with Gasteiger partial charge in [-0.1, -0.05) is 26.0 Å². The quantitative estimate of drug-likeness (QED) is 0.796. The third-order valence-corrected chi connectivity index (χ3v) is 3.37. The minimum atomic E-state index is -0.404. The number of hydrogen-bond acceptors (Lipinski definition) is 2. The van der Waals surface area contributed by atoms with Crippen LogP contribution in [0.25, 0.3) is 0 Å².